The minimum atomic E-state index is -0.897. The average Bonchev–Trinajstić information content (AvgIpc) is 2.68. The number of benzene rings is 3. The van der Waals surface area contributed by atoms with Crippen molar-refractivity contribution in [2.75, 3.05) is 0 Å². The molecule has 3 aromatic rings. The van der Waals surface area contributed by atoms with Crippen molar-refractivity contribution in [1.82, 2.24) is 0 Å². The van der Waals surface area contributed by atoms with Crippen LogP contribution in [0, 0.1) is 0 Å². The monoisotopic (exact) mass is 330 g/mol. The number of aryl methyl sites for hydroxylation is 1. The van der Waals surface area contributed by atoms with Gasteiger partial charge in [-0.1, -0.05) is 60.7 Å². The van der Waals surface area contributed by atoms with Crippen LogP contribution in [0.1, 0.15) is 12.0 Å². The van der Waals surface area contributed by atoms with Gasteiger partial charge >= 0.3 is 5.97 Å². The number of fused-ring (bicyclic) bond motifs is 1. The summed E-state index contributed by atoms with van der Waals surface area (Å²) in [5.74, 6) is -0.213. The summed E-state index contributed by atoms with van der Waals surface area (Å²) in [6, 6.07) is 24.8. The number of carboxylic acid groups (broad SMARTS) is 1. The summed E-state index contributed by atoms with van der Waals surface area (Å²) in [5.41, 5.74) is 5.73. The minimum Gasteiger partial charge on any atom is -0.479 e. The lowest BCUT2D eigenvalue weighted by Gasteiger charge is -2.23. The van der Waals surface area contributed by atoms with Gasteiger partial charge in [-0.3, -0.25) is 0 Å². The Hall–Kier alpha value is -3.07. The normalized spacial score (nSPS) is 15.9. The van der Waals surface area contributed by atoms with Gasteiger partial charge in [0.05, 0.1) is 0 Å². The van der Waals surface area contributed by atoms with E-state index >= 15 is 0 Å². The van der Waals surface area contributed by atoms with Crippen LogP contribution in [0.4, 0.5) is 0 Å². The SMILES string of the molecule is O=C(O)C1CCc2cc(-c3ccc(-c4ccccc4)cc3)ccc2O1. The standard InChI is InChI=1S/C22H18O3/c23-22(24)21-13-11-19-14-18(10-12-20(19)25-21)17-8-6-16(7-9-17)15-4-2-1-3-5-15/h1-10,12,14,21H,11,13H2,(H,23,24). The molecule has 0 aromatic heterocycles. The number of ether oxygens (including phenoxy) is 1. The Morgan fingerprint density at radius 3 is 2.12 bits per heavy atom. The van der Waals surface area contributed by atoms with E-state index in [1.807, 2.05) is 30.3 Å². The Morgan fingerprint density at radius 2 is 1.44 bits per heavy atom. The quantitative estimate of drug-likeness (QED) is 0.750. The first-order valence-electron chi connectivity index (χ1n) is 8.39. The summed E-state index contributed by atoms with van der Waals surface area (Å²) in [4.78, 5) is 11.1. The summed E-state index contributed by atoms with van der Waals surface area (Å²) < 4.78 is 5.56. The van der Waals surface area contributed by atoms with E-state index in [4.69, 9.17) is 9.84 Å². The summed E-state index contributed by atoms with van der Waals surface area (Å²) in [7, 11) is 0. The molecule has 25 heavy (non-hydrogen) atoms. The molecule has 0 saturated carbocycles. The van der Waals surface area contributed by atoms with Crippen LogP contribution in [0.3, 0.4) is 0 Å². The predicted octanol–water partition coefficient (Wildman–Crippen LogP) is 4.80. The van der Waals surface area contributed by atoms with Gasteiger partial charge in [0.1, 0.15) is 5.75 Å². The minimum absolute atomic E-state index is 0.513. The molecular weight excluding hydrogens is 312 g/mol. The highest BCUT2D eigenvalue weighted by molar-refractivity contribution is 5.74. The largest absolute Gasteiger partial charge is 0.479 e. The first-order chi connectivity index (χ1) is 12.2. The van der Waals surface area contributed by atoms with E-state index in [-0.39, 0.29) is 0 Å². The third kappa shape index (κ3) is 3.13. The number of carbonyl (C=O) groups is 1. The third-order valence-electron chi connectivity index (χ3n) is 4.61. The van der Waals surface area contributed by atoms with E-state index < -0.39 is 12.1 Å². The van der Waals surface area contributed by atoms with Crippen LogP contribution in [-0.2, 0) is 11.2 Å². The molecule has 0 saturated heterocycles. The van der Waals surface area contributed by atoms with Crippen LogP contribution in [0.2, 0.25) is 0 Å². The van der Waals surface area contributed by atoms with Gasteiger partial charge < -0.3 is 9.84 Å². The Bertz CT molecular complexity index is 898. The van der Waals surface area contributed by atoms with E-state index in [1.165, 1.54) is 11.1 Å². The molecule has 0 aliphatic carbocycles. The van der Waals surface area contributed by atoms with Gasteiger partial charge in [-0.25, -0.2) is 4.79 Å². The van der Waals surface area contributed by atoms with Crippen molar-refractivity contribution in [3.05, 3.63) is 78.4 Å². The van der Waals surface area contributed by atoms with Crippen molar-refractivity contribution in [2.45, 2.75) is 18.9 Å². The van der Waals surface area contributed by atoms with Crippen LogP contribution < -0.4 is 4.74 Å². The van der Waals surface area contributed by atoms with E-state index in [9.17, 15) is 4.79 Å². The maximum atomic E-state index is 11.1. The van der Waals surface area contributed by atoms with Crippen molar-refractivity contribution in [3.8, 4) is 28.0 Å². The zero-order chi connectivity index (χ0) is 17.2. The molecule has 0 radical (unpaired) electrons. The number of rotatable bonds is 3. The molecular formula is C22H18O3. The second kappa shape index (κ2) is 6.44. The van der Waals surface area contributed by atoms with Gasteiger partial charge in [0.2, 0.25) is 0 Å². The maximum absolute atomic E-state index is 11.1. The Morgan fingerprint density at radius 1 is 0.840 bits per heavy atom. The topological polar surface area (TPSA) is 46.5 Å². The molecule has 0 amide bonds. The van der Waals surface area contributed by atoms with Crippen molar-refractivity contribution in [3.63, 3.8) is 0 Å². The molecule has 3 aromatic carbocycles. The average molecular weight is 330 g/mol. The van der Waals surface area contributed by atoms with Gasteiger partial charge in [0, 0.05) is 0 Å². The first-order valence-corrected chi connectivity index (χ1v) is 8.39. The highest BCUT2D eigenvalue weighted by atomic mass is 16.5. The highest BCUT2D eigenvalue weighted by Gasteiger charge is 2.25. The molecule has 3 nitrogen and oxygen atoms in total. The van der Waals surface area contributed by atoms with Crippen LogP contribution >= 0.6 is 0 Å². The second-order valence-electron chi connectivity index (χ2n) is 6.25. The van der Waals surface area contributed by atoms with E-state index in [1.54, 1.807) is 0 Å². The van der Waals surface area contributed by atoms with Gasteiger partial charge in [-0.2, -0.15) is 0 Å². The van der Waals surface area contributed by atoms with Gasteiger partial charge in [0.25, 0.3) is 0 Å². The molecule has 1 aliphatic rings. The molecule has 1 N–H and O–H groups in total. The molecule has 1 unspecified atom stereocenters. The van der Waals surface area contributed by atoms with Crippen LogP contribution in [0.25, 0.3) is 22.3 Å². The zero-order valence-corrected chi connectivity index (χ0v) is 13.7. The predicted molar refractivity (Wildman–Crippen MR) is 97.7 cm³/mol. The van der Waals surface area contributed by atoms with E-state index in [0.717, 1.165) is 23.1 Å². The lowest BCUT2D eigenvalue weighted by atomic mass is 9.96. The molecule has 0 spiro atoms. The Kier molecular flexibility index (Phi) is 3.98. The fraction of sp³-hybridized carbons (Fsp3) is 0.136. The van der Waals surface area contributed by atoms with Crippen molar-refractivity contribution >= 4 is 5.97 Å². The number of carboxylic acids is 1. The van der Waals surface area contributed by atoms with Crippen LogP contribution in [0.15, 0.2) is 72.8 Å². The third-order valence-corrected chi connectivity index (χ3v) is 4.61. The molecule has 1 aliphatic heterocycles. The summed E-state index contributed by atoms with van der Waals surface area (Å²) in [6.07, 6.45) is 0.504. The zero-order valence-electron chi connectivity index (χ0n) is 13.7. The summed E-state index contributed by atoms with van der Waals surface area (Å²) in [6.45, 7) is 0. The summed E-state index contributed by atoms with van der Waals surface area (Å²) >= 11 is 0. The second-order valence-corrected chi connectivity index (χ2v) is 6.25. The number of hydrogen-bond donors (Lipinski definition) is 1. The van der Waals surface area contributed by atoms with Gasteiger partial charge in [-0.05, 0) is 52.8 Å². The highest BCUT2D eigenvalue weighted by Crippen LogP contribution is 2.33. The Balaban J connectivity index is 1.60. The number of aliphatic carboxylic acids is 1. The Labute approximate surface area is 146 Å². The van der Waals surface area contributed by atoms with Crippen molar-refractivity contribution < 1.29 is 14.6 Å². The molecule has 3 heteroatoms. The smallest absolute Gasteiger partial charge is 0.344 e. The van der Waals surface area contributed by atoms with Crippen molar-refractivity contribution in [1.29, 1.82) is 0 Å². The van der Waals surface area contributed by atoms with Crippen LogP contribution in [-0.4, -0.2) is 17.2 Å². The lowest BCUT2D eigenvalue weighted by molar-refractivity contribution is -0.145. The maximum Gasteiger partial charge on any atom is 0.344 e. The summed E-state index contributed by atoms with van der Waals surface area (Å²) in [5, 5.41) is 9.09. The van der Waals surface area contributed by atoms with Gasteiger partial charge in [0.15, 0.2) is 6.10 Å². The molecule has 0 fully saturated rings. The molecule has 4 rings (SSSR count). The number of hydrogen-bond acceptors (Lipinski definition) is 2. The molecule has 0 bridgehead atoms. The van der Waals surface area contributed by atoms with E-state index in [2.05, 4.69) is 42.5 Å². The van der Waals surface area contributed by atoms with E-state index in [0.29, 0.717) is 12.2 Å². The lowest BCUT2D eigenvalue weighted by Crippen LogP contribution is -2.30. The molecule has 124 valence electrons. The fourth-order valence-electron chi connectivity index (χ4n) is 3.23. The van der Waals surface area contributed by atoms with Crippen molar-refractivity contribution in [2.24, 2.45) is 0 Å². The molecule has 1 atom stereocenters. The van der Waals surface area contributed by atoms with Gasteiger partial charge in [-0.15, -0.1) is 0 Å². The fourth-order valence-corrected chi connectivity index (χ4v) is 3.23. The molecule has 1 heterocycles. The van der Waals surface area contributed by atoms with Crippen LogP contribution in [0.5, 0.6) is 5.75 Å². The first kappa shape index (κ1) is 15.5.